The van der Waals surface area contributed by atoms with Crippen molar-refractivity contribution in [2.45, 2.75) is 0 Å². The number of benzene rings is 8. The first-order valence-electron chi connectivity index (χ1n) is 13.1. The molecule has 0 N–H and O–H groups in total. The Morgan fingerprint density at radius 3 is 1.24 bits per heavy atom. The van der Waals surface area contributed by atoms with Gasteiger partial charge in [0.15, 0.2) is 23.3 Å². The second-order valence-electron chi connectivity index (χ2n) is 10.3. The van der Waals surface area contributed by atoms with Crippen LogP contribution in [0.15, 0.2) is 103 Å². The molecule has 41 heavy (non-hydrogen) atoms. The molecule has 0 atom stereocenters. The predicted molar refractivity (Wildman–Crippen MR) is 156 cm³/mol. The van der Waals surface area contributed by atoms with Crippen molar-refractivity contribution < 1.29 is 22.0 Å². The predicted octanol–water partition coefficient (Wildman–Crippen LogP) is 10.9. The van der Waals surface area contributed by atoms with Crippen molar-refractivity contribution in [1.82, 2.24) is 0 Å². The fourth-order valence-corrected chi connectivity index (χ4v) is 6.38. The summed E-state index contributed by atoms with van der Waals surface area (Å²) in [6.45, 7) is 0. The Morgan fingerprint density at radius 1 is 0.317 bits per heavy atom. The van der Waals surface area contributed by atoms with Crippen LogP contribution in [0.1, 0.15) is 0 Å². The summed E-state index contributed by atoms with van der Waals surface area (Å²) in [5, 5.41) is 8.97. The lowest BCUT2D eigenvalue weighted by Crippen LogP contribution is -2.04. The smallest absolute Gasteiger partial charge is 0.200 e. The highest BCUT2D eigenvalue weighted by atomic mass is 19.2. The van der Waals surface area contributed by atoms with Gasteiger partial charge in [0.25, 0.3) is 0 Å². The van der Waals surface area contributed by atoms with Crippen molar-refractivity contribution >= 4 is 53.9 Å². The second-order valence-corrected chi connectivity index (χ2v) is 10.3. The first-order valence-corrected chi connectivity index (χ1v) is 13.1. The summed E-state index contributed by atoms with van der Waals surface area (Å²) in [4.78, 5) is 0. The summed E-state index contributed by atoms with van der Waals surface area (Å²) >= 11 is 0. The van der Waals surface area contributed by atoms with Crippen molar-refractivity contribution in [3.8, 4) is 22.3 Å². The van der Waals surface area contributed by atoms with Crippen LogP contribution in [0, 0.1) is 29.1 Å². The van der Waals surface area contributed by atoms with Crippen LogP contribution >= 0.6 is 0 Å². The summed E-state index contributed by atoms with van der Waals surface area (Å²) in [6, 6.07) is 33.2. The fraction of sp³-hybridized carbons (Fsp3) is 0. The van der Waals surface area contributed by atoms with Crippen molar-refractivity contribution in [2.24, 2.45) is 0 Å². The van der Waals surface area contributed by atoms with Gasteiger partial charge in [-0.05, 0) is 76.6 Å². The van der Waals surface area contributed by atoms with Crippen LogP contribution in [-0.2, 0) is 0 Å². The van der Waals surface area contributed by atoms with E-state index in [4.69, 9.17) is 0 Å². The van der Waals surface area contributed by atoms with Crippen molar-refractivity contribution in [3.05, 3.63) is 132 Å². The number of rotatable bonds is 2. The van der Waals surface area contributed by atoms with Gasteiger partial charge in [0.1, 0.15) is 0 Å². The SMILES string of the molecule is Fc1c(F)c(F)c(-c2ccc3ccc4c(-c5c6ccccc6cc6ccccc56)ccc5ccc2c3c54)c(F)c1F. The monoisotopic (exact) mass is 544 g/mol. The summed E-state index contributed by atoms with van der Waals surface area (Å²) in [7, 11) is 0. The standard InChI is InChI=1S/C36H17F5/c37-32-31(33(38)35(40)36(41)34(32)39)27-16-12-19-9-13-24-26(15-11-18-10-14-25(27)29(19)28(18)24)30-22-7-3-1-5-20(22)17-21-6-2-4-8-23(21)30/h1-17H. The lowest BCUT2D eigenvalue weighted by atomic mass is 9.85. The van der Waals surface area contributed by atoms with E-state index in [1.54, 1.807) is 12.1 Å². The molecule has 0 nitrogen and oxygen atoms in total. The Hall–Kier alpha value is -5.03. The van der Waals surface area contributed by atoms with Gasteiger partial charge in [-0.3, -0.25) is 0 Å². The van der Waals surface area contributed by atoms with E-state index in [1.165, 1.54) is 6.07 Å². The van der Waals surface area contributed by atoms with Crippen molar-refractivity contribution in [1.29, 1.82) is 0 Å². The molecular formula is C36H17F5. The summed E-state index contributed by atoms with van der Waals surface area (Å²) in [6.07, 6.45) is 0. The van der Waals surface area contributed by atoms with E-state index in [0.29, 0.717) is 10.8 Å². The first kappa shape index (κ1) is 23.8. The number of fused-ring (bicyclic) bond motifs is 2. The van der Waals surface area contributed by atoms with E-state index in [2.05, 4.69) is 36.4 Å². The van der Waals surface area contributed by atoms with Crippen LogP contribution in [0.3, 0.4) is 0 Å². The highest BCUT2D eigenvalue weighted by Crippen LogP contribution is 2.46. The molecule has 0 aliphatic rings. The molecule has 0 unspecified atom stereocenters. The molecule has 5 heteroatoms. The van der Waals surface area contributed by atoms with Crippen molar-refractivity contribution in [3.63, 3.8) is 0 Å². The quantitative estimate of drug-likeness (QED) is 0.0668. The normalized spacial score (nSPS) is 12.0. The Kier molecular flexibility index (Phi) is 4.93. The van der Waals surface area contributed by atoms with Crippen LogP contribution in [0.2, 0.25) is 0 Å². The third-order valence-electron chi connectivity index (χ3n) is 8.18. The van der Waals surface area contributed by atoms with Crippen LogP contribution in [0.5, 0.6) is 0 Å². The van der Waals surface area contributed by atoms with Crippen LogP contribution in [0.25, 0.3) is 76.1 Å². The fourth-order valence-electron chi connectivity index (χ4n) is 6.38. The molecule has 196 valence electrons. The zero-order chi connectivity index (χ0) is 28.0. The molecule has 0 fully saturated rings. The minimum absolute atomic E-state index is 0.0549. The van der Waals surface area contributed by atoms with Crippen LogP contribution in [-0.4, -0.2) is 0 Å². The van der Waals surface area contributed by atoms with E-state index in [9.17, 15) is 22.0 Å². The van der Waals surface area contributed by atoms with Gasteiger partial charge in [-0.25, -0.2) is 22.0 Å². The van der Waals surface area contributed by atoms with Gasteiger partial charge in [-0.15, -0.1) is 0 Å². The van der Waals surface area contributed by atoms with Gasteiger partial charge in [-0.1, -0.05) is 97.1 Å². The van der Waals surface area contributed by atoms with E-state index in [1.807, 2.05) is 48.5 Å². The van der Waals surface area contributed by atoms with E-state index in [-0.39, 0.29) is 5.56 Å². The first-order chi connectivity index (χ1) is 19.9. The Balaban J connectivity index is 1.52. The van der Waals surface area contributed by atoms with Crippen LogP contribution < -0.4 is 0 Å². The van der Waals surface area contributed by atoms with Gasteiger partial charge in [0.05, 0.1) is 5.56 Å². The summed E-state index contributed by atoms with van der Waals surface area (Å²) in [5.74, 6) is -9.79. The Morgan fingerprint density at radius 2 is 0.732 bits per heavy atom. The van der Waals surface area contributed by atoms with Crippen LogP contribution in [0.4, 0.5) is 22.0 Å². The molecule has 0 bridgehead atoms. The summed E-state index contributed by atoms with van der Waals surface area (Å²) in [5.41, 5.74) is 1.07. The molecule has 0 aromatic heterocycles. The van der Waals surface area contributed by atoms with Gasteiger partial charge < -0.3 is 0 Å². The molecular weight excluding hydrogens is 527 g/mol. The maximum absolute atomic E-state index is 15.0. The number of hydrogen-bond donors (Lipinski definition) is 0. The lowest BCUT2D eigenvalue weighted by molar-refractivity contribution is 0.381. The highest BCUT2D eigenvalue weighted by Gasteiger charge is 2.28. The zero-order valence-electron chi connectivity index (χ0n) is 21.2. The van der Waals surface area contributed by atoms with Crippen molar-refractivity contribution in [2.75, 3.05) is 0 Å². The minimum atomic E-state index is -2.17. The molecule has 0 saturated carbocycles. The summed E-state index contributed by atoms with van der Waals surface area (Å²) < 4.78 is 72.2. The van der Waals surface area contributed by atoms with Gasteiger partial charge in [0.2, 0.25) is 5.82 Å². The largest absolute Gasteiger partial charge is 0.203 e. The topological polar surface area (TPSA) is 0 Å². The zero-order valence-corrected chi connectivity index (χ0v) is 21.2. The average Bonchev–Trinajstić information content (AvgIpc) is 3.01. The average molecular weight is 545 g/mol. The molecule has 0 aliphatic heterocycles. The number of hydrogen-bond acceptors (Lipinski definition) is 0. The lowest BCUT2D eigenvalue weighted by Gasteiger charge is -2.19. The molecule has 0 radical (unpaired) electrons. The minimum Gasteiger partial charge on any atom is -0.203 e. The number of halogens is 5. The van der Waals surface area contributed by atoms with E-state index in [0.717, 1.165) is 54.2 Å². The molecule has 0 amide bonds. The van der Waals surface area contributed by atoms with Gasteiger partial charge >= 0.3 is 0 Å². The Labute approximate surface area is 230 Å². The molecule has 8 rings (SSSR count). The second kappa shape index (κ2) is 8.48. The third-order valence-corrected chi connectivity index (χ3v) is 8.18. The van der Waals surface area contributed by atoms with E-state index >= 15 is 0 Å². The highest BCUT2D eigenvalue weighted by molar-refractivity contribution is 6.29. The molecule has 8 aromatic carbocycles. The Bertz CT molecular complexity index is 2290. The maximum Gasteiger partial charge on any atom is 0.200 e. The molecule has 0 spiro atoms. The maximum atomic E-state index is 15.0. The molecule has 0 saturated heterocycles. The van der Waals surface area contributed by atoms with Gasteiger partial charge in [-0.2, -0.15) is 0 Å². The molecule has 0 heterocycles. The molecule has 0 aliphatic carbocycles. The van der Waals surface area contributed by atoms with E-state index < -0.39 is 34.6 Å². The third kappa shape index (κ3) is 3.20. The van der Waals surface area contributed by atoms with Gasteiger partial charge in [0, 0.05) is 0 Å². The molecule has 8 aromatic rings.